The molecule has 0 amide bonds. The number of aliphatic hydroxyl groups excluding tert-OH is 1. The maximum Gasteiger partial charge on any atom is 0.139 e. The lowest BCUT2D eigenvalue weighted by Crippen LogP contribution is -2.17. The monoisotopic (exact) mass is 105 g/mol. The Kier molecular flexibility index (Phi) is 1.25. The molecule has 0 aliphatic carbocycles. The van der Waals surface area contributed by atoms with E-state index < -0.39 is 12.3 Å². The van der Waals surface area contributed by atoms with Crippen LogP contribution in [0.1, 0.15) is 0 Å². The van der Waals surface area contributed by atoms with Crippen LogP contribution in [-0.4, -0.2) is 30.5 Å². The molecule has 2 atom stereocenters. The van der Waals surface area contributed by atoms with Crippen LogP contribution in [0.5, 0.6) is 0 Å². The average molecular weight is 105 g/mol. The van der Waals surface area contributed by atoms with E-state index in [1.54, 1.807) is 0 Å². The zero-order chi connectivity index (χ0) is 5.28. The van der Waals surface area contributed by atoms with Gasteiger partial charge in [-0.05, 0) is 0 Å². The summed E-state index contributed by atoms with van der Waals surface area (Å²) in [5.74, 6) is 0. The minimum absolute atomic E-state index is 0.307. The zero-order valence-electron chi connectivity index (χ0n) is 3.89. The minimum atomic E-state index is -1.04. The number of halogens is 1. The Morgan fingerprint density at radius 1 is 1.57 bits per heavy atom. The third kappa shape index (κ3) is 0.894. The molecule has 2 nitrogen and oxygen atoms in total. The van der Waals surface area contributed by atoms with Gasteiger partial charge in [0.25, 0.3) is 0 Å². The van der Waals surface area contributed by atoms with Gasteiger partial charge in [0.1, 0.15) is 6.17 Å². The number of rotatable bonds is 0. The highest BCUT2D eigenvalue weighted by Crippen LogP contribution is 2.01. The number of alkyl halides is 1. The molecule has 0 unspecified atom stereocenters. The Morgan fingerprint density at radius 3 is 2.43 bits per heavy atom. The highest BCUT2D eigenvalue weighted by atomic mass is 19.1. The van der Waals surface area contributed by atoms with Crippen LogP contribution in [-0.2, 0) is 0 Å². The van der Waals surface area contributed by atoms with Crippen molar-refractivity contribution in [2.45, 2.75) is 12.3 Å². The number of hydrogen-bond acceptors (Lipinski definition) is 2. The van der Waals surface area contributed by atoms with Gasteiger partial charge in [0, 0.05) is 13.1 Å². The number of β-amino-alcohol motifs (C(OH)–C–C–N with tert-alkyl or cyclic N) is 1. The van der Waals surface area contributed by atoms with E-state index in [0.29, 0.717) is 13.1 Å². The van der Waals surface area contributed by atoms with Gasteiger partial charge >= 0.3 is 0 Å². The molecule has 42 valence electrons. The lowest BCUT2D eigenvalue weighted by atomic mass is 10.3. The van der Waals surface area contributed by atoms with Crippen LogP contribution in [0.4, 0.5) is 4.39 Å². The Hall–Kier alpha value is -0.150. The lowest BCUT2D eigenvalue weighted by Gasteiger charge is -1.98. The second-order valence-corrected chi connectivity index (χ2v) is 1.74. The van der Waals surface area contributed by atoms with Crippen LogP contribution < -0.4 is 5.32 Å². The van der Waals surface area contributed by atoms with E-state index in [-0.39, 0.29) is 0 Å². The van der Waals surface area contributed by atoms with Crippen LogP contribution in [0.3, 0.4) is 0 Å². The van der Waals surface area contributed by atoms with E-state index >= 15 is 0 Å². The highest BCUT2D eigenvalue weighted by molar-refractivity contribution is 4.79. The smallest absolute Gasteiger partial charge is 0.139 e. The summed E-state index contributed by atoms with van der Waals surface area (Å²) in [4.78, 5) is 0. The molecule has 0 saturated carbocycles. The molecule has 7 heavy (non-hydrogen) atoms. The Bertz CT molecular complexity index is 60.7. The summed E-state index contributed by atoms with van der Waals surface area (Å²) in [6, 6.07) is 0. The van der Waals surface area contributed by atoms with Crippen molar-refractivity contribution in [3.8, 4) is 0 Å². The average Bonchev–Trinajstić information content (AvgIpc) is 1.91. The molecule has 3 heteroatoms. The highest BCUT2D eigenvalue weighted by Gasteiger charge is 2.23. The first-order chi connectivity index (χ1) is 3.30. The van der Waals surface area contributed by atoms with Crippen molar-refractivity contribution in [2.75, 3.05) is 13.1 Å². The summed E-state index contributed by atoms with van der Waals surface area (Å²) in [7, 11) is 0. The third-order valence-electron chi connectivity index (χ3n) is 1.11. The number of nitrogens with one attached hydrogen (secondary N) is 1. The summed E-state index contributed by atoms with van der Waals surface area (Å²) in [6.07, 6.45) is -1.81. The van der Waals surface area contributed by atoms with E-state index in [1.165, 1.54) is 0 Å². The quantitative estimate of drug-likeness (QED) is 0.426. The van der Waals surface area contributed by atoms with Gasteiger partial charge in [-0.15, -0.1) is 0 Å². The van der Waals surface area contributed by atoms with E-state index in [1.807, 2.05) is 0 Å². The van der Waals surface area contributed by atoms with Crippen molar-refractivity contribution < 1.29 is 9.50 Å². The SMILES string of the molecule is O[C@H]1CNC[C@@H]1F. The predicted molar refractivity (Wildman–Crippen MR) is 23.8 cm³/mol. The first-order valence-corrected chi connectivity index (χ1v) is 2.33. The molecule has 0 bridgehead atoms. The summed E-state index contributed by atoms with van der Waals surface area (Å²) in [5, 5.41) is 11.3. The molecule has 2 N–H and O–H groups in total. The fourth-order valence-electron chi connectivity index (χ4n) is 0.633. The third-order valence-corrected chi connectivity index (χ3v) is 1.11. The van der Waals surface area contributed by atoms with Crippen molar-refractivity contribution in [1.29, 1.82) is 0 Å². The molecule has 1 rings (SSSR count). The molecule has 0 aromatic carbocycles. The molecule has 1 aliphatic heterocycles. The van der Waals surface area contributed by atoms with Gasteiger partial charge in [-0.25, -0.2) is 4.39 Å². The van der Waals surface area contributed by atoms with Crippen LogP contribution >= 0.6 is 0 Å². The van der Waals surface area contributed by atoms with Crippen LogP contribution in [0.15, 0.2) is 0 Å². The minimum Gasteiger partial charge on any atom is -0.389 e. The normalized spacial score (nSPS) is 42.0. The van der Waals surface area contributed by atoms with Crippen molar-refractivity contribution >= 4 is 0 Å². The molecule has 0 radical (unpaired) electrons. The van der Waals surface area contributed by atoms with Crippen LogP contribution in [0.25, 0.3) is 0 Å². The van der Waals surface area contributed by atoms with Gasteiger partial charge in [-0.2, -0.15) is 0 Å². The summed E-state index contributed by atoms with van der Waals surface area (Å²) < 4.78 is 12.0. The Morgan fingerprint density at radius 2 is 2.29 bits per heavy atom. The summed E-state index contributed by atoms with van der Waals surface area (Å²) >= 11 is 0. The van der Waals surface area contributed by atoms with Crippen molar-refractivity contribution in [1.82, 2.24) is 5.32 Å². The fraction of sp³-hybridized carbons (Fsp3) is 1.00. The van der Waals surface area contributed by atoms with Crippen molar-refractivity contribution in [3.63, 3.8) is 0 Å². The molecular formula is C4H8FNO. The maximum atomic E-state index is 12.0. The Balaban J connectivity index is 2.33. The lowest BCUT2D eigenvalue weighted by molar-refractivity contribution is 0.118. The molecule has 1 saturated heterocycles. The molecule has 1 heterocycles. The van der Waals surface area contributed by atoms with Crippen LogP contribution in [0.2, 0.25) is 0 Å². The standard InChI is InChI=1S/C4H8FNO/c5-3-1-6-2-4(3)7/h3-4,6-7H,1-2H2/t3-,4-/m0/s1. The topological polar surface area (TPSA) is 32.3 Å². The van der Waals surface area contributed by atoms with Gasteiger partial charge in [0.05, 0.1) is 6.10 Å². The van der Waals surface area contributed by atoms with Gasteiger partial charge in [0.2, 0.25) is 0 Å². The van der Waals surface area contributed by atoms with Gasteiger partial charge < -0.3 is 10.4 Å². The van der Waals surface area contributed by atoms with E-state index in [0.717, 1.165) is 0 Å². The van der Waals surface area contributed by atoms with E-state index in [4.69, 9.17) is 5.11 Å². The molecule has 1 aliphatic rings. The van der Waals surface area contributed by atoms with Crippen molar-refractivity contribution in [3.05, 3.63) is 0 Å². The van der Waals surface area contributed by atoms with E-state index in [9.17, 15) is 4.39 Å². The van der Waals surface area contributed by atoms with Crippen molar-refractivity contribution in [2.24, 2.45) is 0 Å². The number of hydrogen-bond donors (Lipinski definition) is 2. The fourth-order valence-corrected chi connectivity index (χ4v) is 0.633. The first kappa shape index (κ1) is 5.00. The molecule has 0 aromatic rings. The van der Waals surface area contributed by atoms with Gasteiger partial charge in [-0.3, -0.25) is 0 Å². The summed E-state index contributed by atoms with van der Waals surface area (Å²) in [5.41, 5.74) is 0. The van der Waals surface area contributed by atoms with Gasteiger partial charge in [-0.1, -0.05) is 0 Å². The molecule has 0 aromatic heterocycles. The summed E-state index contributed by atoms with van der Waals surface area (Å²) in [6.45, 7) is 0.711. The molecular weight excluding hydrogens is 97.0 g/mol. The van der Waals surface area contributed by atoms with Gasteiger partial charge in [0.15, 0.2) is 0 Å². The Labute approximate surface area is 41.3 Å². The molecule has 0 spiro atoms. The predicted octanol–water partition coefficient (Wildman–Crippen LogP) is -0.711. The second kappa shape index (κ2) is 1.76. The zero-order valence-corrected chi connectivity index (χ0v) is 3.89. The van der Waals surface area contributed by atoms with Crippen LogP contribution in [0, 0.1) is 0 Å². The first-order valence-electron chi connectivity index (χ1n) is 2.33. The maximum absolute atomic E-state index is 12.0. The molecule has 1 fully saturated rings. The van der Waals surface area contributed by atoms with E-state index in [2.05, 4.69) is 5.32 Å². The second-order valence-electron chi connectivity index (χ2n) is 1.74. The number of aliphatic hydroxyl groups is 1. The largest absolute Gasteiger partial charge is 0.389 e.